The highest BCUT2D eigenvalue weighted by atomic mass is 35.5. The van der Waals surface area contributed by atoms with E-state index in [0.29, 0.717) is 34.1 Å². The standard InChI is InChI=1S/C20H13ClN2O3/c21-14-3-5-15(6-4-14)23-17-9-12(19-2-1-7-26-19)10-18(24)16(17)8-13(11-22)20(23)25/h1-8,12H,9-10H2/t12-/m0/s1. The van der Waals surface area contributed by atoms with E-state index >= 15 is 0 Å². The van der Waals surface area contributed by atoms with Gasteiger partial charge in [0, 0.05) is 34.3 Å². The molecule has 0 saturated heterocycles. The van der Waals surface area contributed by atoms with Gasteiger partial charge in [-0.25, -0.2) is 0 Å². The Morgan fingerprint density at radius 2 is 1.92 bits per heavy atom. The summed E-state index contributed by atoms with van der Waals surface area (Å²) in [6.07, 6.45) is 2.32. The van der Waals surface area contributed by atoms with E-state index in [9.17, 15) is 14.9 Å². The van der Waals surface area contributed by atoms with Crippen LogP contribution < -0.4 is 5.56 Å². The van der Waals surface area contributed by atoms with E-state index in [1.54, 1.807) is 36.6 Å². The maximum Gasteiger partial charge on any atom is 0.273 e. The molecule has 1 atom stereocenters. The molecule has 0 radical (unpaired) electrons. The number of hydrogen-bond donors (Lipinski definition) is 0. The minimum Gasteiger partial charge on any atom is -0.469 e. The molecule has 0 N–H and O–H groups in total. The second-order valence-electron chi connectivity index (χ2n) is 6.19. The molecule has 0 amide bonds. The van der Waals surface area contributed by atoms with Crippen molar-refractivity contribution in [3.05, 3.63) is 86.7 Å². The summed E-state index contributed by atoms with van der Waals surface area (Å²) in [6, 6.07) is 13.7. The molecule has 1 aromatic carbocycles. The highest BCUT2D eigenvalue weighted by Gasteiger charge is 2.31. The second-order valence-corrected chi connectivity index (χ2v) is 6.63. The molecule has 5 nitrogen and oxygen atoms in total. The summed E-state index contributed by atoms with van der Waals surface area (Å²) in [7, 11) is 0. The predicted octanol–water partition coefficient (Wildman–Crippen LogP) is 3.87. The largest absolute Gasteiger partial charge is 0.469 e. The summed E-state index contributed by atoms with van der Waals surface area (Å²) in [6.45, 7) is 0. The van der Waals surface area contributed by atoms with Crippen molar-refractivity contribution in [3.8, 4) is 11.8 Å². The molecule has 4 rings (SSSR count). The predicted molar refractivity (Wildman–Crippen MR) is 95.9 cm³/mol. The molecule has 1 aliphatic rings. The van der Waals surface area contributed by atoms with Crippen LogP contribution in [0.5, 0.6) is 0 Å². The van der Waals surface area contributed by atoms with E-state index < -0.39 is 5.56 Å². The highest BCUT2D eigenvalue weighted by molar-refractivity contribution is 6.30. The van der Waals surface area contributed by atoms with Gasteiger partial charge >= 0.3 is 0 Å². The molecule has 1 aliphatic carbocycles. The summed E-state index contributed by atoms with van der Waals surface area (Å²) >= 11 is 5.95. The Morgan fingerprint density at radius 3 is 2.58 bits per heavy atom. The Hall–Kier alpha value is -3.10. The fourth-order valence-electron chi connectivity index (χ4n) is 3.40. The van der Waals surface area contributed by atoms with Crippen molar-refractivity contribution in [3.63, 3.8) is 0 Å². The van der Waals surface area contributed by atoms with Crippen LogP contribution in [0.3, 0.4) is 0 Å². The number of nitriles is 1. The Morgan fingerprint density at radius 1 is 1.15 bits per heavy atom. The van der Waals surface area contributed by atoms with Gasteiger partial charge in [-0.1, -0.05) is 11.6 Å². The third-order valence-electron chi connectivity index (χ3n) is 4.63. The number of halogens is 1. The molecule has 6 heteroatoms. The zero-order valence-corrected chi connectivity index (χ0v) is 14.4. The van der Waals surface area contributed by atoms with Crippen molar-refractivity contribution in [1.82, 2.24) is 4.57 Å². The minimum atomic E-state index is -0.443. The van der Waals surface area contributed by atoms with Crippen LogP contribution in [0.2, 0.25) is 5.02 Å². The molecule has 128 valence electrons. The quantitative estimate of drug-likeness (QED) is 0.691. The first kappa shape index (κ1) is 16.4. The smallest absolute Gasteiger partial charge is 0.273 e. The second kappa shape index (κ2) is 6.32. The van der Waals surface area contributed by atoms with Crippen molar-refractivity contribution >= 4 is 17.4 Å². The number of carbonyl (C=O) groups is 1. The van der Waals surface area contributed by atoms with Gasteiger partial charge in [0.15, 0.2) is 5.78 Å². The molecule has 0 aliphatic heterocycles. The lowest BCUT2D eigenvalue weighted by atomic mass is 9.83. The number of aromatic nitrogens is 1. The molecule has 2 heterocycles. The third kappa shape index (κ3) is 2.65. The topological polar surface area (TPSA) is 76.0 Å². The van der Waals surface area contributed by atoms with Crippen molar-refractivity contribution < 1.29 is 9.21 Å². The molecule has 2 aromatic heterocycles. The van der Waals surface area contributed by atoms with Gasteiger partial charge in [-0.3, -0.25) is 14.2 Å². The Balaban J connectivity index is 1.95. The van der Waals surface area contributed by atoms with E-state index in [1.807, 2.05) is 12.1 Å². The van der Waals surface area contributed by atoms with Crippen LogP contribution in [0.1, 0.15) is 39.7 Å². The summed E-state index contributed by atoms with van der Waals surface area (Å²) < 4.78 is 6.91. The lowest BCUT2D eigenvalue weighted by molar-refractivity contribution is 0.0958. The van der Waals surface area contributed by atoms with E-state index in [2.05, 4.69) is 0 Å². The van der Waals surface area contributed by atoms with Crippen LogP contribution in [0, 0.1) is 11.3 Å². The normalized spacial score (nSPS) is 16.2. The number of pyridine rings is 1. The molecule has 0 unspecified atom stereocenters. The molecule has 26 heavy (non-hydrogen) atoms. The third-order valence-corrected chi connectivity index (χ3v) is 4.88. The first-order valence-electron chi connectivity index (χ1n) is 8.10. The van der Waals surface area contributed by atoms with Crippen LogP contribution in [-0.4, -0.2) is 10.4 Å². The number of ketones is 1. The SMILES string of the molecule is N#Cc1cc2c(n(-c3ccc(Cl)cc3)c1=O)C[C@H](c1ccco1)CC2=O. The van der Waals surface area contributed by atoms with E-state index in [1.165, 1.54) is 10.6 Å². The highest BCUT2D eigenvalue weighted by Crippen LogP contribution is 2.33. The van der Waals surface area contributed by atoms with E-state index in [4.69, 9.17) is 16.0 Å². The van der Waals surface area contributed by atoms with Crippen LogP contribution in [0.25, 0.3) is 5.69 Å². The molecular formula is C20H13ClN2O3. The fraction of sp³-hybridized carbons (Fsp3) is 0.150. The van der Waals surface area contributed by atoms with Gasteiger partial charge in [-0.05, 0) is 48.9 Å². The van der Waals surface area contributed by atoms with Crippen LogP contribution in [0.4, 0.5) is 0 Å². The van der Waals surface area contributed by atoms with Crippen LogP contribution >= 0.6 is 11.6 Å². The summed E-state index contributed by atoms with van der Waals surface area (Å²) in [5, 5.41) is 9.85. The molecule has 3 aromatic rings. The first-order chi connectivity index (χ1) is 12.6. The Labute approximate surface area is 154 Å². The lowest BCUT2D eigenvalue weighted by Crippen LogP contribution is -2.31. The van der Waals surface area contributed by atoms with Gasteiger partial charge in [0.2, 0.25) is 0 Å². The molecule has 0 fully saturated rings. The fourth-order valence-corrected chi connectivity index (χ4v) is 3.53. The minimum absolute atomic E-state index is 0.0523. The average molecular weight is 365 g/mol. The maximum atomic E-state index is 12.8. The van der Waals surface area contributed by atoms with Crippen molar-refractivity contribution in [2.75, 3.05) is 0 Å². The van der Waals surface area contributed by atoms with Gasteiger partial charge in [-0.2, -0.15) is 5.26 Å². The summed E-state index contributed by atoms with van der Waals surface area (Å²) in [5.41, 5.74) is 1.08. The molecule has 0 spiro atoms. The van der Waals surface area contributed by atoms with Gasteiger partial charge in [0.1, 0.15) is 17.4 Å². The Bertz CT molecular complexity index is 1090. The molecule has 0 bridgehead atoms. The number of carbonyl (C=O) groups excluding carboxylic acids is 1. The monoisotopic (exact) mass is 364 g/mol. The van der Waals surface area contributed by atoms with Crippen molar-refractivity contribution in [1.29, 1.82) is 5.26 Å². The van der Waals surface area contributed by atoms with Crippen LogP contribution in [-0.2, 0) is 6.42 Å². The number of rotatable bonds is 2. The van der Waals surface area contributed by atoms with Gasteiger partial charge in [0.25, 0.3) is 5.56 Å². The number of Topliss-reactive ketones (excluding diaryl/α,β-unsaturated/α-hetero) is 1. The number of furan rings is 1. The number of benzene rings is 1. The van der Waals surface area contributed by atoms with Crippen molar-refractivity contribution in [2.24, 2.45) is 0 Å². The zero-order chi connectivity index (χ0) is 18.3. The zero-order valence-electron chi connectivity index (χ0n) is 13.6. The lowest BCUT2D eigenvalue weighted by Gasteiger charge is -2.25. The van der Waals surface area contributed by atoms with Crippen molar-refractivity contribution in [2.45, 2.75) is 18.8 Å². The average Bonchev–Trinajstić information content (AvgIpc) is 3.17. The Kier molecular flexibility index (Phi) is 3.98. The van der Waals surface area contributed by atoms with Gasteiger partial charge in [0.05, 0.1) is 6.26 Å². The molecule has 0 saturated carbocycles. The van der Waals surface area contributed by atoms with Crippen LogP contribution in [0.15, 0.2) is 57.9 Å². The number of nitrogens with zero attached hydrogens (tertiary/aromatic N) is 2. The van der Waals surface area contributed by atoms with E-state index in [-0.39, 0.29) is 23.7 Å². The maximum absolute atomic E-state index is 12.8. The molecular weight excluding hydrogens is 352 g/mol. The number of hydrogen-bond acceptors (Lipinski definition) is 4. The van der Waals surface area contributed by atoms with E-state index in [0.717, 1.165) is 0 Å². The summed E-state index contributed by atoms with van der Waals surface area (Å²) in [4.78, 5) is 25.6. The van der Waals surface area contributed by atoms with Gasteiger partial charge < -0.3 is 4.42 Å². The first-order valence-corrected chi connectivity index (χ1v) is 8.48. The number of fused-ring (bicyclic) bond motifs is 1. The van der Waals surface area contributed by atoms with Gasteiger partial charge in [-0.15, -0.1) is 0 Å². The summed E-state index contributed by atoms with van der Waals surface area (Å²) in [5.74, 6) is 0.464.